The van der Waals surface area contributed by atoms with Crippen molar-refractivity contribution in [3.8, 4) is 5.75 Å². The smallest absolute Gasteiger partial charge is 0.235 e. The van der Waals surface area contributed by atoms with Crippen molar-refractivity contribution in [1.82, 2.24) is 4.90 Å². The highest BCUT2D eigenvalue weighted by atomic mass is 16.5. The summed E-state index contributed by atoms with van der Waals surface area (Å²) in [5, 5.41) is 0. The van der Waals surface area contributed by atoms with Gasteiger partial charge >= 0.3 is 0 Å². The van der Waals surface area contributed by atoms with Crippen molar-refractivity contribution >= 4 is 11.5 Å². The number of rotatable bonds is 22. The number of anilines is 1. The number of ether oxygens (including phenoxy) is 2. The number of fused-ring (bicyclic) bond motifs is 2. The minimum Gasteiger partial charge on any atom is -0.477 e. The molecule has 5 nitrogen and oxygen atoms in total. The molecule has 4 rings (SSSR count). The summed E-state index contributed by atoms with van der Waals surface area (Å²) >= 11 is 0. The summed E-state index contributed by atoms with van der Waals surface area (Å²) in [7, 11) is 0. The number of benzene rings is 1. The molecular weight excluding hydrogens is 556 g/mol. The topological polar surface area (TPSA) is 42.0 Å². The third-order valence-electron chi connectivity index (χ3n) is 9.36. The Balaban J connectivity index is 1.45. The van der Waals surface area contributed by atoms with Crippen molar-refractivity contribution in [3.05, 3.63) is 70.9 Å². The van der Waals surface area contributed by atoms with E-state index in [0.717, 1.165) is 37.4 Å². The molecule has 0 fully saturated rings. The van der Waals surface area contributed by atoms with Crippen LogP contribution >= 0.6 is 0 Å². The Morgan fingerprint density at radius 2 is 1.22 bits per heavy atom. The van der Waals surface area contributed by atoms with Crippen LogP contribution in [0.5, 0.6) is 5.75 Å². The van der Waals surface area contributed by atoms with Gasteiger partial charge in [0, 0.05) is 49.2 Å². The molecule has 3 aliphatic rings. The summed E-state index contributed by atoms with van der Waals surface area (Å²) in [6.07, 6.45) is 28.4. The van der Waals surface area contributed by atoms with Gasteiger partial charge in [-0.25, -0.2) is 0 Å². The summed E-state index contributed by atoms with van der Waals surface area (Å²) in [6, 6.07) is 6.13. The van der Waals surface area contributed by atoms with E-state index in [1.54, 1.807) is 0 Å². The second kappa shape index (κ2) is 18.9. The minimum absolute atomic E-state index is 0.0823. The predicted molar refractivity (Wildman–Crippen MR) is 189 cm³/mol. The fourth-order valence-corrected chi connectivity index (χ4v) is 6.55. The number of hydrogen-bond acceptors (Lipinski definition) is 5. The first kappa shape index (κ1) is 34.9. The van der Waals surface area contributed by atoms with Gasteiger partial charge in [0.25, 0.3) is 0 Å². The Labute approximate surface area is 274 Å². The van der Waals surface area contributed by atoms with Crippen molar-refractivity contribution in [3.63, 3.8) is 0 Å². The van der Waals surface area contributed by atoms with Crippen molar-refractivity contribution in [2.75, 3.05) is 31.1 Å². The number of ketones is 1. The first-order valence-corrected chi connectivity index (χ1v) is 18.5. The van der Waals surface area contributed by atoms with Crippen molar-refractivity contribution in [2.45, 2.75) is 137 Å². The largest absolute Gasteiger partial charge is 0.477 e. The number of nitrogens with zero attached hydrogens (tertiary/aromatic N) is 2. The average Bonchev–Trinajstić information content (AvgIpc) is 3.63. The normalized spacial score (nSPS) is 18.3. The standard InChI is InChI=1S/C40H60N2O3/c1-5-9-13-17-25-41(26-18-14-10-6-2)33-22-21-32-29-38(44-36(32)30-33)40-39(43)35-24-23-34(31-37(35)45-40)42(27-19-15-11-7-3)28-20-16-12-8-4/h21-24,29-31,36H,5-20,25-28H2,1-4H3. The van der Waals surface area contributed by atoms with Gasteiger partial charge in [0.05, 0.1) is 5.56 Å². The maximum atomic E-state index is 13.5. The molecule has 5 heteroatoms. The van der Waals surface area contributed by atoms with E-state index in [-0.39, 0.29) is 11.9 Å². The van der Waals surface area contributed by atoms with Gasteiger partial charge in [-0.15, -0.1) is 0 Å². The lowest BCUT2D eigenvalue weighted by atomic mass is 10.0. The fraction of sp³-hybridized carbons (Fsp3) is 0.625. The van der Waals surface area contributed by atoms with E-state index in [4.69, 9.17) is 9.47 Å². The molecule has 0 radical (unpaired) electrons. The van der Waals surface area contributed by atoms with Crippen LogP contribution in [0.1, 0.15) is 141 Å². The van der Waals surface area contributed by atoms with E-state index in [9.17, 15) is 4.79 Å². The second-order valence-electron chi connectivity index (χ2n) is 13.1. The molecule has 0 aromatic heterocycles. The molecule has 1 atom stereocenters. The molecule has 1 unspecified atom stereocenters. The fourth-order valence-electron chi connectivity index (χ4n) is 6.55. The molecule has 0 N–H and O–H groups in total. The van der Waals surface area contributed by atoms with E-state index in [1.165, 1.54) is 108 Å². The summed E-state index contributed by atoms with van der Waals surface area (Å²) in [5.74, 6) is 1.44. The summed E-state index contributed by atoms with van der Waals surface area (Å²) in [5.41, 5.74) is 4.10. The predicted octanol–water partition coefficient (Wildman–Crippen LogP) is 10.7. The molecule has 0 spiro atoms. The average molecular weight is 617 g/mol. The Hall–Kier alpha value is -2.95. The van der Waals surface area contributed by atoms with Gasteiger partial charge in [-0.3, -0.25) is 4.79 Å². The lowest BCUT2D eigenvalue weighted by Gasteiger charge is -2.29. The third-order valence-corrected chi connectivity index (χ3v) is 9.36. The number of carbonyl (C=O) groups is 1. The number of Topliss-reactive ketones (excluding diaryl/α,β-unsaturated/α-hetero) is 1. The van der Waals surface area contributed by atoms with E-state index in [2.05, 4.69) is 67.9 Å². The molecule has 0 bridgehead atoms. The third kappa shape index (κ3) is 10.0. The lowest BCUT2D eigenvalue weighted by Crippen LogP contribution is -2.27. The van der Waals surface area contributed by atoms with Gasteiger partial charge in [-0.1, -0.05) is 111 Å². The minimum atomic E-state index is -0.182. The van der Waals surface area contributed by atoms with Crippen LogP contribution in [0.4, 0.5) is 5.69 Å². The Morgan fingerprint density at radius 1 is 0.667 bits per heavy atom. The van der Waals surface area contributed by atoms with Crippen LogP contribution in [-0.4, -0.2) is 43.0 Å². The monoisotopic (exact) mass is 616 g/mol. The van der Waals surface area contributed by atoms with E-state index in [0.29, 0.717) is 22.8 Å². The zero-order valence-electron chi connectivity index (χ0n) is 28.9. The van der Waals surface area contributed by atoms with Crippen LogP contribution in [0.25, 0.3) is 0 Å². The molecule has 1 aliphatic carbocycles. The van der Waals surface area contributed by atoms with Crippen molar-refractivity contribution < 1.29 is 14.3 Å². The highest BCUT2D eigenvalue weighted by molar-refractivity contribution is 6.13. The molecular formula is C40H60N2O3. The SMILES string of the molecule is CCCCCCN(CCCCCC)C1=CC2OC(=C3Oc4cc(N(CCCCCC)CCCCCC)ccc4C3=O)C=C2C=C1. The van der Waals surface area contributed by atoms with E-state index >= 15 is 0 Å². The van der Waals surface area contributed by atoms with Crippen LogP contribution in [0.3, 0.4) is 0 Å². The number of allylic oxidation sites excluding steroid dienone is 3. The molecule has 2 aliphatic heterocycles. The quantitative estimate of drug-likeness (QED) is 0.0958. The highest BCUT2D eigenvalue weighted by Crippen LogP contribution is 2.39. The van der Waals surface area contributed by atoms with Crippen LogP contribution < -0.4 is 9.64 Å². The van der Waals surface area contributed by atoms with Gasteiger partial charge in [0.15, 0.2) is 5.76 Å². The van der Waals surface area contributed by atoms with E-state index in [1.807, 2.05) is 12.1 Å². The Kier molecular flexibility index (Phi) is 14.7. The highest BCUT2D eigenvalue weighted by Gasteiger charge is 2.35. The van der Waals surface area contributed by atoms with Gasteiger partial charge in [-0.05, 0) is 56.0 Å². The van der Waals surface area contributed by atoms with Gasteiger partial charge in [-0.2, -0.15) is 0 Å². The zero-order valence-corrected chi connectivity index (χ0v) is 28.9. The summed E-state index contributed by atoms with van der Waals surface area (Å²) in [6.45, 7) is 13.3. The Bertz CT molecular complexity index is 1190. The maximum Gasteiger partial charge on any atom is 0.235 e. The molecule has 1 aromatic carbocycles. The first-order chi connectivity index (χ1) is 22.1. The Morgan fingerprint density at radius 3 is 1.78 bits per heavy atom. The molecule has 0 saturated heterocycles. The lowest BCUT2D eigenvalue weighted by molar-refractivity contribution is 0.0995. The van der Waals surface area contributed by atoms with Crippen molar-refractivity contribution in [1.29, 1.82) is 0 Å². The van der Waals surface area contributed by atoms with Crippen LogP contribution in [0, 0.1) is 0 Å². The van der Waals surface area contributed by atoms with E-state index < -0.39 is 0 Å². The summed E-state index contributed by atoms with van der Waals surface area (Å²) < 4.78 is 12.7. The number of hydrogen-bond donors (Lipinski definition) is 0. The molecule has 45 heavy (non-hydrogen) atoms. The molecule has 0 saturated carbocycles. The van der Waals surface area contributed by atoms with Gasteiger partial charge in [0.1, 0.15) is 11.9 Å². The van der Waals surface area contributed by atoms with Gasteiger partial charge < -0.3 is 19.3 Å². The molecule has 2 heterocycles. The van der Waals surface area contributed by atoms with Crippen molar-refractivity contribution in [2.24, 2.45) is 0 Å². The van der Waals surface area contributed by atoms with Crippen LogP contribution in [-0.2, 0) is 4.74 Å². The zero-order chi connectivity index (χ0) is 31.9. The maximum absolute atomic E-state index is 13.5. The summed E-state index contributed by atoms with van der Waals surface area (Å²) in [4.78, 5) is 18.6. The first-order valence-electron chi connectivity index (χ1n) is 18.5. The molecule has 248 valence electrons. The number of carbonyl (C=O) groups excluding carboxylic acids is 1. The van der Waals surface area contributed by atoms with Crippen LogP contribution in [0.15, 0.2) is 65.3 Å². The number of unbranched alkanes of at least 4 members (excludes halogenated alkanes) is 12. The molecule has 1 aromatic rings. The molecule has 0 amide bonds. The second-order valence-corrected chi connectivity index (χ2v) is 13.1. The van der Waals surface area contributed by atoms with Gasteiger partial charge in [0.2, 0.25) is 11.5 Å². The van der Waals surface area contributed by atoms with Crippen LogP contribution in [0.2, 0.25) is 0 Å².